The highest BCUT2D eigenvalue weighted by Crippen LogP contribution is 2.38. The van der Waals surface area contributed by atoms with Crippen molar-refractivity contribution < 1.29 is 9.32 Å². The molecule has 1 aromatic carbocycles. The molecule has 7 nitrogen and oxygen atoms in total. The molecule has 2 N–H and O–H groups in total. The van der Waals surface area contributed by atoms with Gasteiger partial charge in [-0.1, -0.05) is 30.6 Å². The molecule has 0 radical (unpaired) electrons. The van der Waals surface area contributed by atoms with Gasteiger partial charge in [-0.15, -0.1) is 0 Å². The van der Waals surface area contributed by atoms with Gasteiger partial charge < -0.3 is 15.2 Å². The molecule has 0 spiro atoms. The average molecular weight is 369 g/mol. The van der Waals surface area contributed by atoms with E-state index in [1.165, 1.54) is 19.3 Å². The van der Waals surface area contributed by atoms with Gasteiger partial charge in [0, 0.05) is 30.1 Å². The lowest BCUT2D eigenvalue weighted by Crippen LogP contribution is -2.57. The predicted octanol–water partition coefficient (Wildman–Crippen LogP) is 3.20. The van der Waals surface area contributed by atoms with Gasteiger partial charge in [0.05, 0.1) is 5.69 Å². The number of anilines is 1. The maximum atomic E-state index is 12.5. The van der Waals surface area contributed by atoms with Crippen LogP contribution in [0.4, 0.5) is 10.5 Å². The van der Waals surface area contributed by atoms with Gasteiger partial charge in [-0.05, 0) is 44.9 Å². The highest BCUT2D eigenvalue weighted by Gasteiger charge is 2.40. The van der Waals surface area contributed by atoms with E-state index in [-0.39, 0.29) is 6.04 Å². The molecule has 0 aliphatic carbocycles. The third-order valence-electron chi connectivity index (χ3n) is 6.09. The van der Waals surface area contributed by atoms with E-state index in [2.05, 4.69) is 22.1 Å². The van der Waals surface area contributed by atoms with E-state index in [0.717, 1.165) is 24.1 Å². The SMILES string of the molecule is CCc1nc(-c2ccccc2N(C(N)=O)C2CC3CCCC(C2)N3C)no1. The molecule has 27 heavy (non-hydrogen) atoms. The van der Waals surface area contributed by atoms with Gasteiger partial charge in [0.25, 0.3) is 0 Å². The minimum Gasteiger partial charge on any atom is -0.351 e. The number of para-hydroxylation sites is 1. The van der Waals surface area contributed by atoms with E-state index in [9.17, 15) is 4.79 Å². The number of piperidine rings is 2. The predicted molar refractivity (Wildman–Crippen MR) is 103 cm³/mol. The number of aryl methyl sites for hydroxylation is 1. The second-order valence-electron chi connectivity index (χ2n) is 7.62. The van der Waals surface area contributed by atoms with Crippen molar-refractivity contribution in [1.29, 1.82) is 0 Å². The molecule has 2 aliphatic heterocycles. The summed E-state index contributed by atoms with van der Waals surface area (Å²) in [5.41, 5.74) is 7.42. The summed E-state index contributed by atoms with van der Waals surface area (Å²) < 4.78 is 5.28. The Kier molecular flexibility index (Phi) is 4.86. The van der Waals surface area contributed by atoms with E-state index in [0.29, 0.717) is 30.2 Å². The van der Waals surface area contributed by atoms with Gasteiger partial charge in [0.1, 0.15) is 0 Å². The number of primary amides is 1. The smallest absolute Gasteiger partial charge is 0.319 e. The van der Waals surface area contributed by atoms with Crippen LogP contribution in [-0.2, 0) is 6.42 Å². The number of carbonyl (C=O) groups excluding carboxylic acids is 1. The molecule has 7 heteroatoms. The summed E-state index contributed by atoms with van der Waals surface area (Å²) in [6.07, 6.45) is 6.19. The van der Waals surface area contributed by atoms with Crippen LogP contribution in [0.1, 0.15) is 44.9 Å². The maximum Gasteiger partial charge on any atom is 0.319 e. The van der Waals surface area contributed by atoms with Gasteiger partial charge in [0.2, 0.25) is 11.7 Å². The first kappa shape index (κ1) is 18.0. The fourth-order valence-corrected chi connectivity index (χ4v) is 4.67. The van der Waals surface area contributed by atoms with Gasteiger partial charge >= 0.3 is 6.03 Å². The molecule has 2 aromatic rings. The van der Waals surface area contributed by atoms with Crippen molar-refractivity contribution in [2.24, 2.45) is 5.73 Å². The zero-order valence-corrected chi connectivity index (χ0v) is 16.0. The van der Waals surface area contributed by atoms with E-state index in [1.54, 1.807) is 4.90 Å². The molecule has 144 valence electrons. The molecular weight excluding hydrogens is 342 g/mol. The molecule has 3 heterocycles. The van der Waals surface area contributed by atoms with Crippen molar-refractivity contribution in [1.82, 2.24) is 15.0 Å². The Morgan fingerprint density at radius 2 is 2.00 bits per heavy atom. The van der Waals surface area contributed by atoms with E-state index < -0.39 is 6.03 Å². The molecular formula is C20H27N5O2. The Bertz CT molecular complexity index is 806. The monoisotopic (exact) mass is 369 g/mol. The lowest BCUT2D eigenvalue weighted by molar-refractivity contribution is 0.0564. The second kappa shape index (κ2) is 7.31. The zero-order valence-electron chi connectivity index (χ0n) is 16.0. The van der Waals surface area contributed by atoms with Crippen molar-refractivity contribution in [3.8, 4) is 11.4 Å². The van der Waals surface area contributed by atoms with Crippen LogP contribution in [0.5, 0.6) is 0 Å². The Labute approximate surface area is 159 Å². The summed E-state index contributed by atoms with van der Waals surface area (Å²) in [6.45, 7) is 1.97. The molecule has 2 aliphatic rings. The van der Waals surface area contributed by atoms with Gasteiger partial charge in [-0.25, -0.2) is 4.79 Å². The number of amides is 2. The first-order valence-corrected chi connectivity index (χ1v) is 9.81. The van der Waals surface area contributed by atoms with Crippen molar-refractivity contribution in [3.05, 3.63) is 30.2 Å². The Balaban J connectivity index is 1.70. The summed E-state index contributed by atoms with van der Waals surface area (Å²) in [6, 6.07) is 8.37. The molecule has 2 bridgehead atoms. The van der Waals surface area contributed by atoms with Crippen LogP contribution in [0.2, 0.25) is 0 Å². The number of hydrogen-bond acceptors (Lipinski definition) is 5. The number of hydrogen-bond donors (Lipinski definition) is 1. The van der Waals surface area contributed by atoms with Crippen LogP contribution in [0.3, 0.4) is 0 Å². The minimum absolute atomic E-state index is 0.0905. The Morgan fingerprint density at radius 3 is 2.63 bits per heavy atom. The average Bonchev–Trinajstić information content (AvgIpc) is 3.12. The fourth-order valence-electron chi connectivity index (χ4n) is 4.67. The highest BCUT2D eigenvalue weighted by molar-refractivity contribution is 5.95. The molecule has 0 saturated carbocycles. The summed E-state index contributed by atoms with van der Waals surface area (Å²) in [5.74, 6) is 1.08. The van der Waals surface area contributed by atoms with Crippen molar-refractivity contribution in [3.63, 3.8) is 0 Å². The number of urea groups is 1. The summed E-state index contributed by atoms with van der Waals surface area (Å²) >= 11 is 0. The van der Waals surface area contributed by atoms with Gasteiger partial charge in [-0.3, -0.25) is 4.90 Å². The van der Waals surface area contributed by atoms with Crippen LogP contribution in [0.25, 0.3) is 11.4 Å². The first-order chi connectivity index (χ1) is 13.1. The normalized spacial score (nSPS) is 25.3. The number of nitrogens with zero attached hydrogens (tertiary/aromatic N) is 4. The molecule has 4 rings (SSSR count). The fraction of sp³-hybridized carbons (Fsp3) is 0.550. The summed E-state index contributed by atoms with van der Waals surface area (Å²) in [4.78, 5) is 21.2. The number of carbonyl (C=O) groups is 1. The molecule has 2 saturated heterocycles. The zero-order chi connectivity index (χ0) is 19.0. The molecule has 2 fully saturated rings. The topological polar surface area (TPSA) is 88.5 Å². The minimum atomic E-state index is -0.422. The van der Waals surface area contributed by atoms with Gasteiger partial charge in [-0.2, -0.15) is 4.98 Å². The number of aromatic nitrogens is 2. The highest BCUT2D eigenvalue weighted by atomic mass is 16.5. The van der Waals surface area contributed by atoms with Crippen LogP contribution in [0.15, 0.2) is 28.8 Å². The number of rotatable bonds is 4. The Morgan fingerprint density at radius 1 is 1.30 bits per heavy atom. The van der Waals surface area contributed by atoms with E-state index >= 15 is 0 Å². The summed E-state index contributed by atoms with van der Waals surface area (Å²) in [5, 5.41) is 4.10. The first-order valence-electron chi connectivity index (χ1n) is 9.81. The second-order valence-corrected chi connectivity index (χ2v) is 7.62. The Hall–Kier alpha value is -2.41. The van der Waals surface area contributed by atoms with Crippen LogP contribution in [0, 0.1) is 0 Å². The quantitative estimate of drug-likeness (QED) is 0.894. The number of fused-ring (bicyclic) bond motifs is 2. The van der Waals surface area contributed by atoms with Crippen molar-refractivity contribution in [2.45, 2.75) is 63.6 Å². The van der Waals surface area contributed by atoms with E-state index in [4.69, 9.17) is 10.3 Å². The van der Waals surface area contributed by atoms with Crippen LogP contribution >= 0.6 is 0 Å². The lowest BCUT2D eigenvalue weighted by atomic mass is 9.81. The molecule has 1 aromatic heterocycles. The molecule has 2 amide bonds. The van der Waals surface area contributed by atoms with E-state index in [1.807, 2.05) is 31.2 Å². The third-order valence-corrected chi connectivity index (χ3v) is 6.09. The van der Waals surface area contributed by atoms with Crippen molar-refractivity contribution in [2.75, 3.05) is 11.9 Å². The van der Waals surface area contributed by atoms with Crippen LogP contribution < -0.4 is 10.6 Å². The third kappa shape index (κ3) is 3.32. The number of benzene rings is 1. The number of nitrogens with two attached hydrogens (primary N) is 1. The van der Waals surface area contributed by atoms with Crippen LogP contribution in [-0.4, -0.2) is 46.2 Å². The van der Waals surface area contributed by atoms with Gasteiger partial charge in [0.15, 0.2) is 0 Å². The standard InChI is InChI=1S/C20H27N5O2/c1-3-18-22-19(23-27-18)16-9-4-5-10-17(16)25(20(21)26)15-11-13-7-6-8-14(12-15)24(13)2/h4-5,9-10,13-15H,3,6-8,11-12H2,1-2H3,(H2,21,26). The largest absolute Gasteiger partial charge is 0.351 e. The molecule has 2 unspecified atom stereocenters. The van der Waals surface area contributed by atoms with Crippen molar-refractivity contribution >= 4 is 11.7 Å². The molecule has 2 atom stereocenters. The summed E-state index contributed by atoms with van der Waals surface area (Å²) in [7, 11) is 2.21. The maximum absolute atomic E-state index is 12.5. The lowest BCUT2D eigenvalue weighted by Gasteiger charge is -2.49.